The van der Waals surface area contributed by atoms with Crippen LogP contribution in [0, 0.1) is 0 Å². The highest BCUT2D eigenvalue weighted by atomic mass is 19.4. The number of nitrogens with two attached hydrogens (primary N) is 3. The van der Waals surface area contributed by atoms with Crippen molar-refractivity contribution in [1.82, 2.24) is 0 Å². The van der Waals surface area contributed by atoms with Crippen LogP contribution in [0.1, 0.15) is 5.56 Å². The van der Waals surface area contributed by atoms with Crippen molar-refractivity contribution in [2.24, 2.45) is 21.5 Å². The molecule has 2 rings (SSSR count). The molecule has 144 valence electrons. The van der Waals surface area contributed by atoms with Gasteiger partial charge in [0.15, 0.2) is 0 Å². The van der Waals surface area contributed by atoms with Gasteiger partial charge < -0.3 is 21.9 Å². The molecule has 0 bridgehead atoms. The molecule has 2 aromatic carbocycles. The topological polar surface area (TPSA) is 112 Å². The maximum Gasteiger partial charge on any atom is 0.499 e. The Hall–Kier alpha value is -3.37. The number of nitrogen functional groups attached to an aromatic ring is 1. The molecule has 0 saturated carbocycles. The Balaban J connectivity index is 2.12. The molecular formula is C16H14F5N5O. The lowest BCUT2D eigenvalue weighted by Crippen LogP contribution is -2.41. The number of aliphatic imine (C=N–C) groups is 2. The molecule has 0 aliphatic heterocycles. The summed E-state index contributed by atoms with van der Waals surface area (Å²) in [7, 11) is 0. The van der Waals surface area contributed by atoms with Gasteiger partial charge in [0.05, 0.1) is 5.69 Å². The molecule has 0 aliphatic rings. The van der Waals surface area contributed by atoms with Gasteiger partial charge in [0.25, 0.3) is 0 Å². The van der Waals surface area contributed by atoms with Crippen LogP contribution in [0.5, 0.6) is 5.75 Å². The van der Waals surface area contributed by atoms with Crippen molar-refractivity contribution in [2.75, 3.05) is 5.73 Å². The summed E-state index contributed by atoms with van der Waals surface area (Å²) in [5.74, 6) is -0.889. The summed E-state index contributed by atoms with van der Waals surface area (Å²) in [5.41, 5.74) is 18.2. The summed E-state index contributed by atoms with van der Waals surface area (Å²) in [4.78, 5) is 7.73. The van der Waals surface area contributed by atoms with Gasteiger partial charge in [0.2, 0.25) is 5.96 Å². The van der Waals surface area contributed by atoms with E-state index >= 15 is 0 Å². The highest BCUT2D eigenvalue weighted by molar-refractivity contribution is 6.05. The van der Waals surface area contributed by atoms with Gasteiger partial charge in [-0.25, -0.2) is 4.99 Å². The van der Waals surface area contributed by atoms with Crippen molar-refractivity contribution in [2.45, 2.75) is 12.3 Å². The minimum absolute atomic E-state index is 0.0565. The molecule has 0 fully saturated rings. The lowest BCUT2D eigenvalue weighted by Gasteiger charge is -2.20. The summed E-state index contributed by atoms with van der Waals surface area (Å²) in [6.07, 6.45) is -11.1. The number of alkyl halides is 5. The summed E-state index contributed by atoms with van der Waals surface area (Å²) in [5, 5.41) is 0. The van der Waals surface area contributed by atoms with Crippen molar-refractivity contribution >= 4 is 23.2 Å². The summed E-state index contributed by atoms with van der Waals surface area (Å²) >= 11 is 0. The number of benzene rings is 2. The van der Waals surface area contributed by atoms with Crippen LogP contribution in [-0.4, -0.2) is 24.1 Å². The molecule has 0 saturated heterocycles. The van der Waals surface area contributed by atoms with Gasteiger partial charge in [-0.3, -0.25) is 0 Å². The third-order valence-corrected chi connectivity index (χ3v) is 3.10. The molecule has 0 radical (unpaired) electrons. The number of amidine groups is 1. The third-order valence-electron chi connectivity index (χ3n) is 3.10. The standard InChI is InChI=1S/C16H14F5N5O/c17-15(18,19)16(20,21)27-12-7-5-11(6-8-12)25-14(24)26-13(23)9-1-3-10(22)4-2-9/h1-8H,22H2,(H4,23,24,25,26). The number of hydrogen-bond acceptors (Lipinski definition) is 3. The van der Waals surface area contributed by atoms with E-state index in [9.17, 15) is 22.0 Å². The molecule has 0 unspecified atom stereocenters. The van der Waals surface area contributed by atoms with E-state index in [1.54, 1.807) is 24.3 Å². The van der Waals surface area contributed by atoms with Crippen LogP contribution >= 0.6 is 0 Å². The zero-order valence-electron chi connectivity index (χ0n) is 13.5. The molecule has 27 heavy (non-hydrogen) atoms. The smallest absolute Gasteiger partial charge is 0.426 e. The zero-order chi connectivity index (χ0) is 20.2. The Labute approximate surface area is 150 Å². The average Bonchev–Trinajstić information content (AvgIpc) is 2.56. The summed E-state index contributed by atoms with van der Waals surface area (Å²) in [6, 6.07) is 10.5. The van der Waals surface area contributed by atoms with Gasteiger partial charge in [-0.1, -0.05) is 0 Å². The van der Waals surface area contributed by atoms with Crippen LogP contribution in [0.3, 0.4) is 0 Å². The SMILES string of the molecule is NC(=Nc1ccc(OC(F)(F)C(F)(F)F)cc1)/N=C(\N)c1ccc(N)cc1. The lowest BCUT2D eigenvalue weighted by atomic mass is 10.2. The van der Waals surface area contributed by atoms with Crippen molar-refractivity contribution < 1.29 is 26.7 Å². The molecule has 6 nitrogen and oxygen atoms in total. The fourth-order valence-corrected chi connectivity index (χ4v) is 1.79. The number of nitrogens with zero attached hydrogens (tertiary/aromatic N) is 2. The number of rotatable bonds is 4. The summed E-state index contributed by atoms with van der Waals surface area (Å²) in [6.45, 7) is 0. The zero-order valence-corrected chi connectivity index (χ0v) is 13.5. The van der Waals surface area contributed by atoms with Crippen molar-refractivity contribution in [3.63, 3.8) is 0 Å². The Morgan fingerprint density at radius 1 is 0.852 bits per heavy atom. The van der Waals surface area contributed by atoms with E-state index in [0.29, 0.717) is 11.3 Å². The molecule has 2 aromatic rings. The van der Waals surface area contributed by atoms with E-state index in [-0.39, 0.29) is 17.5 Å². The molecular weight excluding hydrogens is 373 g/mol. The Morgan fingerprint density at radius 2 is 1.41 bits per heavy atom. The van der Waals surface area contributed by atoms with E-state index in [4.69, 9.17) is 17.2 Å². The van der Waals surface area contributed by atoms with Crippen molar-refractivity contribution in [3.8, 4) is 5.75 Å². The first-order chi connectivity index (χ1) is 12.5. The van der Waals surface area contributed by atoms with Crippen LogP contribution in [0.25, 0.3) is 0 Å². The Morgan fingerprint density at radius 3 is 1.93 bits per heavy atom. The normalized spacial score (nSPS) is 13.5. The van der Waals surface area contributed by atoms with E-state index in [2.05, 4.69) is 14.7 Å². The Bertz CT molecular complexity index is 845. The van der Waals surface area contributed by atoms with Gasteiger partial charge >= 0.3 is 12.3 Å². The second-order valence-electron chi connectivity index (χ2n) is 5.20. The van der Waals surface area contributed by atoms with Crippen molar-refractivity contribution in [3.05, 3.63) is 54.1 Å². The first kappa shape index (κ1) is 19.9. The van der Waals surface area contributed by atoms with Crippen LogP contribution in [0.15, 0.2) is 58.5 Å². The first-order valence-electron chi connectivity index (χ1n) is 7.26. The fourth-order valence-electron chi connectivity index (χ4n) is 1.79. The number of halogens is 5. The number of ether oxygens (including phenoxy) is 1. The van der Waals surface area contributed by atoms with Gasteiger partial charge in [0, 0.05) is 11.3 Å². The van der Waals surface area contributed by atoms with E-state index in [1.165, 1.54) is 0 Å². The average molecular weight is 387 g/mol. The maximum atomic E-state index is 12.8. The maximum absolute atomic E-state index is 12.8. The second-order valence-corrected chi connectivity index (χ2v) is 5.20. The predicted molar refractivity (Wildman–Crippen MR) is 90.9 cm³/mol. The van der Waals surface area contributed by atoms with E-state index < -0.39 is 18.0 Å². The number of guanidine groups is 1. The van der Waals surface area contributed by atoms with Gasteiger partial charge in [-0.2, -0.15) is 26.9 Å². The molecule has 0 spiro atoms. The van der Waals surface area contributed by atoms with E-state index in [0.717, 1.165) is 24.3 Å². The lowest BCUT2D eigenvalue weighted by molar-refractivity contribution is -0.360. The minimum Gasteiger partial charge on any atom is -0.426 e. The van der Waals surface area contributed by atoms with Gasteiger partial charge in [0.1, 0.15) is 11.6 Å². The second kappa shape index (κ2) is 7.48. The predicted octanol–water partition coefficient (Wildman–Crippen LogP) is 3.15. The molecule has 0 heterocycles. The van der Waals surface area contributed by atoms with E-state index in [1.807, 2.05) is 0 Å². The fraction of sp³-hybridized carbons (Fsp3) is 0.125. The molecule has 0 aromatic heterocycles. The molecule has 0 amide bonds. The molecule has 0 aliphatic carbocycles. The summed E-state index contributed by atoms with van der Waals surface area (Å²) < 4.78 is 65.6. The number of hydrogen-bond donors (Lipinski definition) is 3. The quantitative estimate of drug-likeness (QED) is 0.324. The largest absolute Gasteiger partial charge is 0.499 e. The van der Waals surface area contributed by atoms with Crippen LogP contribution in [0.2, 0.25) is 0 Å². The highest BCUT2D eigenvalue weighted by Crippen LogP contribution is 2.37. The monoisotopic (exact) mass is 387 g/mol. The Kier molecular flexibility index (Phi) is 5.52. The van der Waals surface area contributed by atoms with Crippen LogP contribution in [0.4, 0.5) is 33.3 Å². The first-order valence-corrected chi connectivity index (χ1v) is 7.26. The van der Waals surface area contributed by atoms with Gasteiger partial charge in [-0.05, 0) is 48.5 Å². The van der Waals surface area contributed by atoms with Crippen LogP contribution in [-0.2, 0) is 0 Å². The molecule has 6 N–H and O–H groups in total. The van der Waals surface area contributed by atoms with Gasteiger partial charge in [-0.15, -0.1) is 0 Å². The minimum atomic E-state index is -5.83. The molecule has 11 heteroatoms. The highest BCUT2D eigenvalue weighted by Gasteiger charge is 2.61. The van der Waals surface area contributed by atoms with Crippen LogP contribution < -0.4 is 21.9 Å². The third kappa shape index (κ3) is 5.30. The van der Waals surface area contributed by atoms with Crippen molar-refractivity contribution in [1.29, 1.82) is 0 Å². The molecule has 0 atom stereocenters. The number of anilines is 1.